The van der Waals surface area contributed by atoms with Crippen LogP contribution in [0.15, 0.2) is 24.3 Å². The smallest absolute Gasteiger partial charge is 0.0729 e. The van der Waals surface area contributed by atoms with E-state index in [1.807, 2.05) is 16.8 Å². The SMILES string of the molecule is CCCCC(O)Cc1nn(CC)c2ccccc12. The molecule has 1 atom stereocenters. The first-order chi connectivity index (χ1) is 8.76. The van der Waals surface area contributed by atoms with Gasteiger partial charge in [-0.2, -0.15) is 5.10 Å². The van der Waals surface area contributed by atoms with Crippen molar-refractivity contribution in [3.05, 3.63) is 30.0 Å². The molecule has 18 heavy (non-hydrogen) atoms. The molecule has 0 radical (unpaired) electrons. The lowest BCUT2D eigenvalue weighted by Gasteiger charge is -2.07. The molecule has 0 saturated heterocycles. The Bertz CT molecular complexity index is 504. The molecule has 1 aromatic carbocycles. The minimum absolute atomic E-state index is 0.270. The van der Waals surface area contributed by atoms with Gasteiger partial charge in [-0.3, -0.25) is 4.68 Å². The zero-order valence-corrected chi connectivity index (χ0v) is 11.3. The van der Waals surface area contributed by atoms with Crippen LogP contribution in [0.5, 0.6) is 0 Å². The van der Waals surface area contributed by atoms with Crippen LogP contribution < -0.4 is 0 Å². The van der Waals surface area contributed by atoms with Crippen molar-refractivity contribution in [2.45, 2.75) is 52.2 Å². The number of rotatable bonds is 6. The zero-order chi connectivity index (χ0) is 13.0. The van der Waals surface area contributed by atoms with Gasteiger partial charge in [0.15, 0.2) is 0 Å². The van der Waals surface area contributed by atoms with E-state index in [4.69, 9.17) is 0 Å². The van der Waals surface area contributed by atoms with E-state index in [9.17, 15) is 5.11 Å². The second kappa shape index (κ2) is 6.01. The molecule has 3 nitrogen and oxygen atoms in total. The molecular weight excluding hydrogens is 224 g/mol. The predicted octanol–water partition coefficient (Wildman–Crippen LogP) is 3.15. The fourth-order valence-electron chi connectivity index (χ4n) is 2.35. The number of aryl methyl sites for hydroxylation is 1. The van der Waals surface area contributed by atoms with E-state index in [0.29, 0.717) is 6.42 Å². The van der Waals surface area contributed by atoms with Crippen molar-refractivity contribution >= 4 is 10.9 Å². The van der Waals surface area contributed by atoms with E-state index in [-0.39, 0.29) is 6.10 Å². The minimum atomic E-state index is -0.270. The fourth-order valence-corrected chi connectivity index (χ4v) is 2.35. The zero-order valence-electron chi connectivity index (χ0n) is 11.3. The number of hydrogen-bond donors (Lipinski definition) is 1. The first kappa shape index (κ1) is 13.1. The van der Waals surface area contributed by atoms with Crippen LogP contribution in [0, 0.1) is 0 Å². The number of nitrogens with zero attached hydrogens (tertiary/aromatic N) is 2. The van der Waals surface area contributed by atoms with Gasteiger partial charge in [-0.15, -0.1) is 0 Å². The van der Waals surface area contributed by atoms with Gasteiger partial charge in [0.1, 0.15) is 0 Å². The third-order valence-electron chi connectivity index (χ3n) is 3.35. The van der Waals surface area contributed by atoms with Crippen molar-refractivity contribution in [2.24, 2.45) is 0 Å². The van der Waals surface area contributed by atoms with Crippen molar-refractivity contribution in [2.75, 3.05) is 0 Å². The maximum atomic E-state index is 10.0. The molecule has 98 valence electrons. The standard InChI is InChI=1S/C15H22N2O/c1-3-5-8-12(18)11-14-13-9-6-7-10-15(13)17(4-2)16-14/h6-7,9-10,12,18H,3-5,8,11H2,1-2H3. The minimum Gasteiger partial charge on any atom is -0.393 e. The number of benzene rings is 1. The van der Waals surface area contributed by atoms with E-state index in [0.717, 1.165) is 37.0 Å². The molecule has 1 aromatic heterocycles. The number of para-hydroxylation sites is 1. The summed E-state index contributed by atoms with van der Waals surface area (Å²) in [6.45, 7) is 5.11. The summed E-state index contributed by atoms with van der Waals surface area (Å²) in [5.74, 6) is 0. The second-order valence-corrected chi connectivity index (χ2v) is 4.78. The van der Waals surface area contributed by atoms with Gasteiger partial charge >= 0.3 is 0 Å². The summed E-state index contributed by atoms with van der Waals surface area (Å²) >= 11 is 0. The van der Waals surface area contributed by atoms with E-state index in [2.05, 4.69) is 31.1 Å². The molecule has 2 aromatic rings. The average Bonchev–Trinajstić information content (AvgIpc) is 2.75. The van der Waals surface area contributed by atoms with E-state index >= 15 is 0 Å². The number of aliphatic hydroxyl groups excluding tert-OH is 1. The van der Waals surface area contributed by atoms with Gasteiger partial charge < -0.3 is 5.11 Å². The lowest BCUT2D eigenvalue weighted by Crippen LogP contribution is -2.11. The molecule has 3 heteroatoms. The second-order valence-electron chi connectivity index (χ2n) is 4.78. The molecule has 0 aliphatic carbocycles. The number of aliphatic hydroxyl groups is 1. The van der Waals surface area contributed by atoms with E-state index in [1.54, 1.807) is 0 Å². The van der Waals surface area contributed by atoms with Gasteiger partial charge in [-0.25, -0.2) is 0 Å². The highest BCUT2D eigenvalue weighted by atomic mass is 16.3. The normalized spacial score (nSPS) is 13.1. The lowest BCUT2D eigenvalue weighted by molar-refractivity contribution is 0.160. The lowest BCUT2D eigenvalue weighted by atomic mass is 10.1. The molecule has 0 amide bonds. The van der Waals surface area contributed by atoms with Crippen LogP contribution in [0.25, 0.3) is 10.9 Å². The molecule has 0 aliphatic rings. The summed E-state index contributed by atoms with van der Waals surface area (Å²) in [6, 6.07) is 8.25. The molecular formula is C15H22N2O. The monoisotopic (exact) mass is 246 g/mol. The molecule has 1 N–H and O–H groups in total. The van der Waals surface area contributed by atoms with E-state index < -0.39 is 0 Å². The number of hydrogen-bond acceptors (Lipinski definition) is 2. The maximum absolute atomic E-state index is 10.0. The van der Waals surface area contributed by atoms with Gasteiger partial charge in [0.2, 0.25) is 0 Å². The van der Waals surface area contributed by atoms with Crippen molar-refractivity contribution in [1.82, 2.24) is 9.78 Å². The maximum Gasteiger partial charge on any atom is 0.0729 e. The third-order valence-corrected chi connectivity index (χ3v) is 3.35. The van der Waals surface area contributed by atoms with E-state index in [1.165, 1.54) is 5.39 Å². The Hall–Kier alpha value is -1.35. The largest absolute Gasteiger partial charge is 0.393 e. The molecule has 0 aliphatic heterocycles. The fraction of sp³-hybridized carbons (Fsp3) is 0.533. The first-order valence-corrected chi connectivity index (χ1v) is 6.88. The van der Waals surface area contributed by atoms with Crippen LogP contribution in [0.2, 0.25) is 0 Å². The van der Waals surface area contributed by atoms with Crippen LogP contribution in [0.3, 0.4) is 0 Å². The van der Waals surface area contributed by atoms with Gasteiger partial charge in [0.05, 0.1) is 17.3 Å². The van der Waals surface area contributed by atoms with Crippen molar-refractivity contribution in [3.63, 3.8) is 0 Å². The highest BCUT2D eigenvalue weighted by molar-refractivity contribution is 5.81. The Morgan fingerprint density at radius 1 is 1.28 bits per heavy atom. The van der Waals surface area contributed by atoms with Crippen molar-refractivity contribution in [1.29, 1.82) is 0 Å². The first-order valence-electron chi connectivity index (χ1n) is 6.88. The highest BCUT2D eigenvalue weighted by Crippen LogP contribution is 2.20. The molecule has 0 spiro atoms. The quantitative estimate of drug-likeness (QED) is 0.850. The molecule has 0 saturated carbocycles. The molecule has 0 bridgehead atoms. The van der Waals surface area contributed by atoms with Crippen LogP contribution in [0.4, 0.5) is 0 Å². The number of unbranched alkanes of at least 4 members (excludes halogenated alkanes) is 1. The van der Waals surface area contributed by atoms with Crippen molar-refractivity contribution < 1.29 is 5.11 Å². The summed E-state index contributed by atoms with van der Waals surface area (Å²) in [7, 11) is 0. The Morgan fingerprint density at radius 3 is 2.78 bits per heavy atom. The summed E-state index contributed by atoms with van der Waals surface area (Å²) in [6.07, 6.45) is 3.46. The third kappa shape index (κ3) is 2.72. The Labute approximate surface area is 108 Å². The average molecular weight is 246 g/mol. The molecule has 0 fully saturated rings. The molecule has 2 rings (SSSR count). The van der Waals surface area contributed by atoms with Crippen LogP contribution >= 0.6 is 0 Å². The summed E-state index contributed by atoms with van der Waals surface area (Å²) in [5.41, 5.74) is 2.19. The topological polar surface area (TPSA) is 38.1 Å². The van der Waals surface area contributed by atoms with Gasteiger partial charge in [0.25, 0.3) is 0 Å². The van der Waals surface area contributed by atoms with Gasteiger partial charge in [0, 0.05) is 18.4 Å². The predicted molar refractivity (Wildman–Crippen MR) is 74.6 cm³/mol. The number of fused-ring (bicyclic) bond motifs is 1. The summed E-state index contributed by atoms with van der Waals surface area (Å²) < 4.78 is 2.01. The summed E-state index contributed by atoms with van der Waals surface area (Å²) in [5, 5.41) is 15.8. The van der Waals surface area contributed by atoms with Crippen LogP contribution in [-0.2, 0) is 13.0 Å². The van der Waals surface area contributed by atoms with Gasteiger partial charge in [-0.1, -0.05) is 38.0 Å². The Morgan fingerprint density at radius 2 is 2.06 bits per heavy atom. The molecule has 1 heterocycles. The van der Waals surface area contributed by atoms with Crippen LogP contribution in [0.1, 0.15) is 38.8 Å². The van der Waals surface area contributed by atoms with Crippen molar-refractivity contribution in [3.8, 4) is 0 Å². The Balaban J connectivity index is 2.22. The molecule has 1 unspecified atom stereocenters. The Kier molecular flexibility index (Phi) is 4.37. The van der Waals surface area contributed by atoms with Gasteiger partial charge in [-0.05, 0) is 19.4 Å². The highest BCUT2D eigenvalue weighted by Gasteiger charge is 2.13. The summed E-state index contributed by atoms with van der Waals surface area (Å²) in [4.78, 5) is 0. The van der Waals surface area contributed by atoms with Crippen LogP contribution in [-0.4, -0.2) is 21.0 Å². The number of aromatic nitrogens is 2.